The molecule has 0 aliphatic heterocycles. The van der Waals surface area contributed by atoms with E-state index < -0.39 is 28.5 Å². The van der Waals surface area contributed by atoms with Crippen molar-refractivity contribution in [2.24, 2.45) is 0 Å². The second kappa shape index (κ2) is 9.12. The number of hydrogen-bond acceptors (Lipinski definition) is 4. The molecule has 1 unspecified atom stereocenters. The summed E-state index contributed by atoms with van der Waals surface area (Å²) in [6.45, 7) is 1.81. The van der Waals surface area contributed by atoms with Gasteiger partial charge in [0.2, 0.25) is 3.79 Å². The molecule has 1 heterocycles. The Morgan fingerprint density at radius 1 is 1.36 bits per heavy atom. The van der Waals surface area contributed by atoms with E-state index in [9.17, 15) is 9.59 Å². The molecule has 1 amide bonds. The number of amides is 1. The Bertz CT molecular complexity index is 474. The van der Waals surface area contributed by atoms with Crippen molar-refractivity contribution in [2.75, 3.05) is 13.2 Å². The molecular formula is C13H17Cl3N2O4. The molecule has 9 heteroatoms. The maximum Gasteiger partial charge on any atom is 0.408 e. The van der Waals surface area contributed by atoms with Gasteiger partial charge in [0.05, 0.1) is 6.61 Å². The van der Waals surface area contributed by atoms with E-state index in [-0.39, 0.29) is 6.61 Å². The molecule has 0 aromatic carbocycles. The third-order valence-corrected chi connectivity index (χ3v) is 2.87. The Labute approximate surface area is 143 Å². The fourth-order valence-corrected chi connectivity index (χ4v) is 1.66. The summed E-state index contributed by atoms with van der Waals surface area (Å²) in [5.74, 6) is -0.596. The molecule has 1 aromatic rings. The van der Waals surface area contributed by atoms with Crippen LogP contribution in [0.15, 0.2) is 18.3 Å². The van der Waals surface area contributed by atoms with Gasteiger partial charge in [0, 0.05) is 11.9 Å². The number of ether oxygens (including phenoxy) is 2. The molecule has 0 spiro atoms. The van der Waals surface area contributed by atoms with Crippen molar-refractivity contribution in [3.05, 3.63) is 24.0 Å². The van der Waals surface area contributed by atoms with Gasteiger partial charge >= 0.3 is 12.1 Å². The van der Waals surface area contributed by atoms with E-state index >= 15 is 0 Å². The molecule has 1 atom stereocenters. The highest BCUT2D eigenvalue weighted by Crippen LogP contribution is 2.26. The minimum Gasteiger partial charge on any atom is -0.464 e. The lowest BCUT2D eigenvalue weighted by Crippen LogP contribution is -2.36. The summed E-state index contributed by atoms with van der Waals surface area (Å²) in [5.41, 5.74) is 0.465. The molecule has 0 radical (unpaired) electrons. The lowest BCUT2D eigenvalue weighted by molar-refractivity contribution is -0.146. The van der Waals surface area contributed by atoms with Gasteiger partial charge in [-0.1, -0.05) is 48.1 Å². The average Bonchev–Trinajstić information content (AvgIpc) is 2.95. The van der Waals surface area contributed by atoms with E-state index in [1.54, 1.807) is 18.3 Å². The fraction of sp³-hybridized carbons (Fsp3) is 0.538. The van der Waals surface area contributed by atoms with E-state index in [4.69, 9.17) is 44.3 Å². The third kappa shape index (κ3) is 7.24. The number of carbonyl (C=O) groups is 2. The number of nitrogens with one attached hydrogen (secondary N) is 2. The first-order chi connectivity index (χ1) is 10.3. The van der Waals surface area contributed by atoms with Gasteiger partial charge in [-0.15, -0.1) is 0 Å². The molecule has 0 bridgehead atoms. The Balaban J connectivity index is 2.63. The molecule has 0 saturated heterocycles. The van der Waals surface area contributed by atoms with Gasteiger partial charge in [0.1, 0.15) is 6.61 Å². The first-order valence-corrected chi connectivity index (χ1v) is 7.77. The van der Waals surface area contributed by atoms with Crippen LogP contribution in [0.2, 0.25) is 0 Å². The number of alkyl halides is 3. The maximum absolute atomic E-state index is 12.1. The lowest BCUT2D eigenvalue weighted by Gasteiger charge is -2.18. The monoisotopic (exact) mass is 370 g/mol. The van der Waals surface area contributed by atoms with E-state index in [0.717, 1.165) is 12.8 Å². The van der Waals surface area contributed by atoms with E-state index in [2.05, 4.69) is 10.3 Å². The Morgan fingerprint density at radius 2 is 2.09 bits per heavy atom. The number of H-pyrrole nitrogens is 1. The molecule has 2 N–H and O–H groups in total. The number of carbonyl (C=O) groups excluding carboxylic acids is 2. The summed E-state index contributed by atoms with van der Waals surface area (Å²) >= 11 is 16.5. The van der Waals surface area contributed by atoms with Crippen LogP contribution in [0.3, 0.4) is 0 Å². The highest BCUT2D eigenvalue weighted by molar-refractivity contribution is 6.67. The quantitative estimate of drug-likeness (QED) is 0.437. The van der Waals surface area contributed by atoms with Gasteiger partial charge in [-0.05, 0) is 18.6 Å². The SMILES string of the molecule is CCCCOC(=O)C(NC(=O)OCC(Cl)(Cl)Cl)c1ccc[nH]1. The van der Waals surface area contributed by atoms with Crippen molar-refractivity contribution in [3.63, 3.8) is 0 Å². The molecule has 1 aromatic heterocycles. The zero-order chi connectivity index (χ0) is 16.6. The van der Waals surface area contributed by atoms with Crippen LogP contribution in [0.4, 0.5) is 4.79 Å². The number of esters is 1. The van der Waals surface area contributed by atoms with Gasteiger partial charge in [-0.25, -0.2) is 9.59 Å². The summed E-state index contributed by atoms with van der Waals surface area (Å²) < 4.78 is 8.13. The third-order valence-electron chi connectivity index (χ3n) is 2.54. The molecular weight excluding hydrogens is 355 g/mol. The van der Waals surface area contributed by atoms with E-state index in [0.29, 0.717) is 5.69 Å². The molecule has 0 aliphatic carbocycles. The predicted molar refractivity (Wildman–Crippen MR) is 84.2 cm³/mol. The van der Waals surface area contributed by atoms with Crippen molar-refractivity contribution in [3.8, 4) is 0 Å². The van der Waals surface area contributed by atoms with Crippen molar-refractivity contribution >= 4 is 46.9 Å². The van der Waals surface area contributed by atoms with Crippen LogP contribution in [0, 0.1) is 0 Å². The van der Waals surface area contributed by atoms with Gasteiger partial charge in [-0.3, -0.25) is 0 Å². The van der Waals surface area contributed by atoms with Gasteiger partial charge in [0.15, 0.2) is 6.04 Å². The zero-order valence-electron chi connectivity index (χ0n) is 11.9. The van der Waals surface area contributed by atoms with Gasteiger partial charge < -0.3 is 19.8 Å². The lowest BCUT2D eigenvalue weighted by atomic mass is 10.2. The van der Waals surface area contributed by atoms with Crippen LogP contribution in [0.25, 0.3) is 0 Å². The van der Waals surface area contributed by atoms with Gasteiger partial charge in [0.25, 0.3) is 0 Å². The number of aromatic nitrogens is 1. The smallest absolute Gasteiger partial charge is 0.408 e. The first-order valence-electron chi connectivity index (χ1n) is 6.63. The fourth-order valence-electron chi connectivity index (χ4n) is 1.49. The standard InChI is InChI=1S/C13H17Cl3N2O4/c1-2-3-7-21-11(19)10(9-5-4-6-17-9)18-12(20)22-8-13(14,15)16/h4-6,10,17H,2-3,7-8H2,1H3,(H,18,20). The molecule has 0 fully saturated rings. The number of aromatic amines is 1. The highest BCUT2D eigenvalue weighted by atomic mass is 35.6. The highest BCUT2D eigenvalue weighted by Gasteiger charge is 2.28. The second-order valence-corrected chi connectivity index (χ2v) is 6.93. The Morgan fingerprint density at radius 3 is 2.64 bits per heavy atom. The van der Waals surface area contributed by atoms with Crippen LogP contribution in [0.1, 0.15) is 31.5 Å². The van der Waals surface area contributed by atoms with Crippen LogP contribution in [-0.2, 0) is 14.3 Å². The van der Waals surface area contributed by atoms with E-state index in [1.807, 2.05) is 6.92 Å². The zero-order valence-corrected chi connectivity index (χ0v) is 14.2. The predicted octanol–water partition coefficient (Wildman–Crippen LogP) is 3.50. The average molecular weight is 372 g/mol. The van der Waals surface area contributed by atoms with Gasteiger partial charge in [-0.2, -0.15) is 0 Å². The molecule has 1 rings (SSSR count). The molecule has 22 heavy (non-hydrogen) atoms. The summed E-state index contributed by atoms with van der Waals surface area (Å²) in [7, 11) is 0. The summed E-state index contributed by atoms with van der Waals surface area (Å²) in [5, 5.41) is 2.38. The van der Waals surface area contributed by atoms with Crippen molar-refractivity contribution in [2.45, 2.75) is 29.6 Å². The number of rotatable bonds is 7. The minimum absolute atomic E-state index is 0.275. The first kappa shape index (κ1) is 18.9. The summed E-state index contributed by atoms with van der Waals surface area (Å²) in [6, 6.07) is 2.31. The van der Waals surface area contributed by atoms with Crippen molar-refractivity contribution in [1.82, 2.24) is 10.3 Å². The largest absolute Gasteiger partial charge is 0.464 e. The van der Waals surface area contributed by atoms with Crippen LogP contribution in [0.5, 0.6) is 0 Å². The molecule has 6 nitrogen and oxygen atoms in total. The van der Waals surface area contributed by atoms with Crippen LogP contribution in [-0.4, -0.2) is 34.1 Å². The normalized spacial score (nSPS) is 12.5. The molecule has 124 valence electrons. The molecule has 0 aliphatic rings. The topological polar surface area (TPSA) is 80.4 Å². The van der Waals surface area contributed by atoms with E-state index in [1.165, 1.54) is 0 Å². The number of hydrogen-bond donors (Lipinski definition) is 2. The Hall–Kier alpha value is -1.11. The number of halogens is 3. The van der Waals surface area contributed by atoms with Crippen molar-refractivity contribution in [1.29, 1.82) is 0 Å². The number of alkyl carbamates (subject to hydrolysis) is 1. The molecule has 0 saturated carbocycles. The summed E-state index contributed by atoms with van der Waals surface area (Å²) in [4.78, 5) is 26.6. The number of unbranched alkanes of at least 4 members (excludes halogenated alkanes) is 1. The van der Waals surface area contributed by atoms with Crippen molar-refractivity contribution < 1.29 is 19.1 Å². The van der Waals surface area contributed by atoms with Crippen LogP contribution < -0.4 is 5.32 Å². The summed E-state index contributed by atoms with van der Waals surface area (Å²) in [6.07, 6.45) is 2.36. The maximum atomic E-state index is 12.1. The second-order valence-electron chi connectivity index (χ2n) is 4.42. The Kier molecular flexibility index (Phi) is 7.85. The minimum atomic E-state index is -1.72. The van der Waals surface area contributed by atoms with Crippen LogP contribution >= 0.6 is 34.8 Å².